The van der Waals surface area contributed by atoms with Gasteiger partial charge in [-0.3, -0.25) is 4.99 Å². The van der Waals surface area contributed by atoms with Crippen LogP contribution in [-0.4, -0.2) is 21.5 Å². The van der Waals surface area contributed by atoms with Gasteiger partial charge in [-0.2, -0.15) is 0 Å². The molecule has 0 fully saturated rings. The summed E-state index contributed by atoms with van der Waals surface area (Å²) in [6, 6.07) is 16.1. The lowest BCUT2D eigenvalue weighted by Gasteiger charge is -2.16. The fourth-order valence-electron chi connectivity index (χ4n) is 2.55. The lowest BCUT2D eigenvalue weighted by Crippen LogP contribution is -2.00. The van der Waals surface area contributed by atoms with Crippen molar-refractivity contribution >= 4 is 6.21 Å². The van der Waals surface area contributed by atoms with Gasteiger partial charge in [-0.25, -0.2) is 4.39 Å². The lowest BCUT2D eigenvalue weighted by molar-refractivity contribution is 0.455. The van der Waals surface area contributed by atoms with Crippen LogP contribution in [0.15, 0.2) is 71.7 Å². The molecule has 3 aromatic carbocycles. The maximum atomic E-state index is 13.4. The summed E-state index contributed by atoms with van der Waals surface area (Å²) in [6.07, 6.45) is 1.32. The third-order valence-corrected chi connectivity index (χ3v) is 3.81. The molecule has 126 valence electrons. The van der Waals surface area contributed by atoms with E-state index >= 15 is 0 Å². The maximum Gasteiger partial charge on any atom is 0.124 e. The Labute approximate surface area is 144 Å². The van der Waals surface area contributed by atoms with Crippen LogP contribution in [0.25, 0.3) is 0 Å². The van der Waals surface area contributed by atoms with Crippen LogP contribution in [-0.2, 0) is 0 Å². The summed E-state index contributed by atoms with van der Waals surface area (Å²) in [4.78, 5) is 4.39. The summed E-state index contributed by atoms with van der Waals surface area (Å²) in [5.41, 5.74) is 1.17. The molecule has 0 aliphatic heterocycles. The van der Waals surface area contributed by atoms with Gasteiger partial charge in [-0.15, -0.1) is 0 Å². The first-order valence-electron chi connectivity index (χ1n) is 7.63. The molecule has 0 heterocycles. The van der Waals surface area contributed by atoms with Crippen molar-refractivity contribution in [1.29, 1.82) is 0 Å². The summed E-state index contributed by atoms with van der Waals surface area (Å²) >= 11 is 0. The third-order valence-electron chi connectivity index (χ3n) is 3.81. The van der Waals surface area contributed by atoms with Crippen molar-refractivity contribution < 1.29 is 19.7 Å². The van der Waals surface area contributed by atoms with Crippen molar-refractivity contribution in [2.24, 2.45) is 4.99 Å². The van der Waals surface area contributed by atoms with Crippen molar-refractivity contribution in [3.8, 4) is 17.2 Å². The molecule has 0 saturated heterocycles. The van der Waals surface area contributed by atoms with Crippen molar-refractivity contribution in [3.63, 3.8) is 0 Å². The van der Waals surface area contributed by atoms with E-state index in [1.807, 2.05) is 0 Å². The van der Waals surface area contributed by atoms with E-state index in [0.717, 1.165) is 12.1 Å². The Morgan fingerprint density at radius 3 is 1.88 bits per heavy atom. The minimum atomic E-state index is -0.718. The Balaban J connectivity index is 2.09. The maximum absolute atomic E-state index is 13.4. The molecule has 0 aromatic heterocycles. The van der Waals surface area contributed by atoms with Gasteiger partial charge in [0.15, 0.2) is 0 Å². The molecule has 3 N–H and O–H groups in total. The van der Waals surface area contributed by atoms with Crippen LogP contribution in [0.5, 0.6) is 17.2 Å². The number of nitrogens with zero attached hydrogens (tertiary/aromatic N) is 1. The summed E-state index contributed by atoms with van der Waals surface area (Å²) in [5, 5.41) is 30.2. The number of benzene rings is 3. The van der Waals surface area contributed by atoms with Gasteiger partial charge in [0.05, 0.1) is 0 Å². The molecule has 0 bridgehead atoms. The quantitative estimate of drug-likeness (QED) is 0.626. The van der Waals surface area contributed by atoms with Gasteiger partial charge in [0.25, 0.3) is 0 Å². The van der Waals surface area contributed by atoms with Crippen molar-refractivity contribution in [3.05, 3.63) is 89.2 Å². The summed E-state index contributed by atoms with van der Waals surface area (Å²) in [7, 11) is 0. The number of aliphatic imine (C=N–C) groups is 1. The predicted molar refractivity (Wildman–Crippen MR) is 93.7 cm³/mol. The highest BCUT2D eigenvalue weighted by Crippen LogP contribution is 2.36. The summed E-state index contributed by atoms with van der Waals surface area (Å²) in [5.74, 6) is -0.563. The number of aromatic hydroxyl groups is 3. The molecular formula is C20H16FNO3. The van der Waals surface area contributed by atoms with E-state index in [2.05, 4.69) is 4.99 Å². The van der Waals surface area contributed by atoms with E-state index in [9.17, 15) is 19.7 Å². The third kappa shape index (κ3) is 3.61. The van der Waals surface area contributed by atoms with Gasteiger partial charge < -0.3 is 15.3 Å². The average Bonchev–Trinajstić information content (AvgIpc) is 2.60. The Morgan fingerprint density at radius 1 is 0.760 bits per heavy atom. The topological polar surface area (TPSA) is 73.1 Å². The SMILES string of the molecule is Oc1ccc(F)cc1/C=N/C(c1ccccc1O)c1ccccc1O. The Kier molecular flexibility index (Phi) is 4.66. The molecule has 5 heteroatoms. The van der Waals surface area contributed by atoms with E-state index in [1.165, 1.54) is 24.4 Å². The zero-order valence-corrected chi connectivity index (χ0v) is 13.2. The molecule has 0 aliphatic carbocycles. The van der Waals surface area contributed by atoms with Gasteiger partial charge >= 0.3 is 0 Å². The molecule has 0 aliphatic rings. The van der Waals surface area contributed by atoms with Gasteiger partial charge in [0.2, 0.25) is 0 Å². The minimum Gasteiger partial charge on any atom is -0.508 e. The molecule has 0 unspecified atom stereocenters. The van der Waals surface area contributed by atoms with Crippen molar-refractivity contribution in [2.75, 3.05) is 0 Å². The second-order valence-corrected chi connectivity index (χ2v) is 5.50. The number of hydrogen-bond donors (Lipinski definition) is 3. The molecular weight excluding hydrogens is 321 g/mol. The number of halogens is 1. The molecule has 4 nitrogen and oxygen atoms in total. The van der Waals surface area contributed by atoms with Crippen LogP contribution in [0, 0.1) is 5.82 Å². The molecule has 0 spiro atoms. The fourth-order valence-corrected chi connectivity index (χ4v) is 2.55. The van der Waals surface area contributed by atoms with Gasteiger partial charge in [0.1, 0.15) is 29.1 Å². The Morgan fingerprint density at radius 2 is 1.32 bits per heavy atom. The van der Waals surface area contributed by atoms with E-state index in [4.69, 9.17) is 0 Å². The summed E-state index contributed by atoms with van der Waals surface area (Å²) < 4.78 is 13.4. The first kappa shape index (κ1) is 16.5. The normalized spacial score (nSPS) is 11.3. The molecule has 0 amide bonds. The van der Waals surface area contributed by atoms with Crippen LogP contribution in [0.4, 0.5) is 4.39 Å². The Hall–Kier alpha value is -3.34. The second-order valence-electron chi connectivity index (χ2n) is 5.50. The molecule has 0 saturated carbocycles. The van der Waals surface area contributed by atoms with Gasteiger partial charge in [-0.1, -0.05) is 36.4 Å². The van der Waals surface area contributed by atoms with Gasteiger partial charge in [0, 0.05) is 22.9 Å². The van der Waals surface area contributed by atoms with Gasteiger partial charge in [-0.05, 0) is 30.3 Å². The largest absolute Gasteiger partial charge is 0.508 e. The highest BCUT2D eigenvalue weighted by Gasteiger charge is 2.19. The monoisotopic (exact) mass is 337 g/mol. The second kappa shape index (κ2) is 7.05. The standard InChI is InChI=1S/C20H16FNO3/c21-14-9-10-17(23)13(11-14)12-22-20(15-5-1-3-7-18(15)24)16-6-2-4-8-19(16)25/h1-12,20,23-25H/b22-12+. The zero-order chi connectivity index (χ0) is 17.8. The van der Waals surface area contributed by atoms with Crippen LogP contribution < -0.4 is 0 Å². The van der Waals surface area contributed by atoms with E-state index < -0.39 is 11.9 Å². The lowest BCUT2D eigenvalue weighted by atomic mass is 9.97. The highest BCUT2D eigenvalue weighted by atomic mass is 19.1. The van der Waals surface area contributed by atoms with E-state index in [-0.39, 0.29) is 22.8 Å². The number of para-hydroxylation sites is 2. The van der Waals surface area contributed by atoms with Crippen molar-refractivity contribution in [2.45, 2.75) is 6.04 Å². The molecule has 3 aromatic rings. The van der Waals surface area contributed by atoms with Crippen LogP contribution in [0.3, 0.4) is 0 Å². The Bertz CT molecular complexity index is 879. The minimum absolute atomic E-state index is 0.0244. The highest BCUT2D eigenvalue weighted by molar-refractivity contribution is 5.83. The molecule has 3 rings (SSSR count). The number of rotatable bonds is 4. The predicted octanol–water partition coefficient (Wildman–Crippen LogP) is 4.15. The zero-order valence-electron chi connectivity index (χ0n) is 13.2. The van der Waals surface area contributed by atoms with E-state index in [1.54, 1.807) is 36.4 Å². The van der Waals surface area contributed by atoms with Crippen LogP contribution in [0.2, 0.25) is 0 Å². The molecule has 0 radical (unpaired) electrons. The summed E-state index contributed by atoms with van der Waals surface area (Å²) in [6.45, 7) is 0. The fraction of sp³-hybridized carbons (Fsp3) is 0.0500. The number of phenols is 3. The van der Waals surface area contributed by atoms with E-state index in [0.29, 0.717) is 11.1 Å². The van der Waals surface area contributed by atoms with Crippen molar-refractivity contribution in [1.82, 2.24) is 0 Å². The molecule has 25 heavy (non-hydrogen) atoms. The smallest absolute Gasteiger partial charge is 0.124 e. The first-order chi connectivity index (χ1) is 12.1. The first-order valence-corrected chi connectivity index (χ1v) is 7.63. The number of hydrogen-bond acceptors (Lipinski definition) is 4. The molecule has 0 atom stereocenters. The number of phenolic OH excluding ortho intramolecular Hbond substituents is 3. The van der Waals surface area contributed by atoms with Crippen LogP contribution in [0.1, 0.15) is 22.7 Å². The average molecular weight is 337 g/mol. The van der Waals surface area contributed by atoms with Crippen LogP contribution >= 0.6 is 0 Å².